The molecule has 0 aromatic rings. The van der Waals surface area contributed by atoms with E-state index in [1.807, 2.05) is 5.32 Å². The minimum absolute atomic E-state index is 0.144. The summed E-state index contributed by atoms with van der Waals surface area (Å²) in [7, 11) is 0. The van der Waals surface area contributed by atoms with Crippen molar-refractivity contribution in [2.24, 2.45) is 0 Å². The fourth-order valence-electron chi connectivity index (χ4n) is 1.26. The number of carboxylic acid groups (broad SMARTS) is 3. The fourth-order valence-corrected chi connectivity index (χ4v) is 1.26. The molecular formula is C9H15NO8. The van der Waals surface area contributed by atoms with Crippen LogP contribution in [-0.4, -0.2) is 63.1 Å². The summed E-state index contributed by atoms with van der Waals surface area (Å²) in [5, 5.41) is 44.4. The van der Waals surface area contributed by atoms with Crippen molar-refractivity contribution in [1.82, 2.24) is 0 Å². The molecule has 104 valence electrons. The number of carboxylic acids is 3. The van der Waals surface area contributed by atoms with Crippen molar-refractivity contribution in [3.63, 3.8) is 0 Å². The van der Waals surface area contributed by atoms with E-state index >= 15 is 0 Å². The molecule has 9 nitrogen and oxygen atoms in total. The fraction of sp³-hybridized carbons (Fsp3) is 0.667. The highest BCUT2D eigenvalue weighted by Gasteiger charge is 2.25. The Hall–Kier alpha value is -1.71. The Labute approximate surface area is 102 Å². The van der Waals surface area contributed by atoms with Crippen LogP contribution in [0.5, 0.6) is 0 Å². The van der Waals surface area contributed by atoms with Crippen molar-refractivity contribution >= 4 is 17.9 Å². The molecule has 9 heteroatoms. The maximum atomic E-state index is 10.2. The van der Waals surface area contributed by atoms with Gasteiger partial charge in [-0.1, -0.05) is 0 Å². The van der Waals surface area contributed by atoms with Crippen molar-refractivity contribution in [1.29, 1.82) is 0 Å². The Balaban J connectivity index is 0.000000327. The third-order valence-corrected chi connectivity index (χ3v) is 2.28. The lowest BCUT2D eigenvalue weighted by molar-refractivity contribution is -0.658. The summed E-state index contributed by atoms with van der Waals surface area (Å²) >= 11 is 0. The van der Waals surface area contributed by atoms with E-state index < -0.39 is 30.1 Å². The van der Waals surface area contributed by atoms with Crippen molar-refractivity contribution < 1.29 is 45.2 Å². The number of hydrogen-bond acceptors (Lipinski definition) is 6. The van der Waals surface area contributed by atoms with Gasteiger partial charge in [-0.05, 0) is 0 Å². The van der Waals surface area contributed by atoms with Gasteiger partial charge in [0.05, 0.1) is 12.5 Å². The molecule has 3 atom stereocenters. The molecule has 0 aromatic heterocycles. The van der Waals surface area contributed by atoms with Crippen molar-refractivity contribution in [3.05, 3.63) is 0 Å². The van der Waals surface area contributed by atoms with Crippen LogP contribution in [0.3, 0.4) is 0 Å². The monoisotopic (exact) mass is 265 g/mol. The summed E-state index contributed by atoms with van der Waals surface area (Å²) in [6.07, 6.45) is -2.81. The largest absolute Gasteiger partial charge is 0.547 e. The number of aliphatic hydroxyl groups is 2. The minimum Gasteiger partial charge on any atom is -0.547 e. The van der Waals surface area contributed by atoms with Gasteiger partial charge in [-0.3, -0.25) is 0 Å². The predicted molar refractivity (Wildman–Crippen MR) is 52.1 cm³/mol. The van der Waals surface area contributed by atoms with Crippen molar-refractivity contribution in [2.75, 3.05) is 6.54 Å². The van der Waals surface area contributed by atoms with Gasteiger partial charge in [0.15, 0.2) is 12.1 Å². The molecule has 1 fully saturated rings. The highest BCUT2D eigenvalue weighted by atomic mass is 16.4. The first-order valence-corrected chi connectivity index (χ1v) is 5.13. The number of carbonyl (C=O) groups excluding carboxylic acids is 1. The second-order valence-electron chi connectivity index (χ2n) is 3.66. The third-order valence-electron chi connectivity index (χ3n) is 2.28. The van der Waals surface area contributed by atoms with E-state index in [0.29, 0.717) is 0 Å². The maximum Gasteiger partial charge on any atom is 0.362 e. The molecule has 0 radical (unpaired) electrons. The normalized spacial score (nSPS) is 21.3. The van der Waals surface area contributed by atoms with E-state index in [2.05, 4.69) is 0 Å². The predicted octanol–water partition coefficient (Wildman–Crippen LogP) is -4.66. The van der Waals surface area contributed by atoms with Crippen LogP contribution in [0, 0.1) is 0 Å². The zero-order chi connectivity index (χ0) is 14.3. The summed E-state index contributed by atoms with van der Waals surface area (Å²) in [6.45, 7) is 0.983. The molecule has 1 aliphatic heterocycles. The molecule has 18 heavy (non-hydrogen) atoms. The van der Waals surface area contributed by atoms with E-state index in [-0.39, 0.29) is 6.04 Å². The highest BCUT2D eigenvalue weighted by Crippen LogP contribution is 1.95. The van der Waals surface area contributed by atoms with Crippen LogP contribution in [0.15, 0.2) is 0 Å². The van der Waals surface area contributed by atoms with Gasteiger partial charge in [0.2, 0.25) is 0 Å². The molecule has 0 aromatic carbocycles. The van der Waals surface area contributed by atoms with Crippen LogP contribution >= 0.6 is 0 Å². The number of nitrogens with two attached hydrogens (primary N) is 1. The lowest BCUT2D eigenvalue weighted by Crippen LogP contribution is -2.88. The van der Waals surface area contributed by atoms with Crippen LogP contribution in [0.1, 0.15) is 12.8 Å². The standard InChI is InChI=1S/C5H9NO2.C4H6O6/c7-5(8)4-2-1-3-6-4;5-1(3(7)8)2(6)4(9)10/h4,6H,1-3H2,(H,7,8);1-2,5-6H,(H,7,8)(H,9,10)/t4-;1-,2-/m10/s1. The molecule has 0 aliphatic carbocycles. The lowest BCUT2D eigenvalue weighted by Gasteiger charge is -2.13. The molecule has 0 bridgehead atoms. The van der Waals surface area contributed by atoms with E-state index in [0.717, 1.165) is 19.4 Å². The zero-order valence-electron chi connectivity index (χ0n) is 9.35. The van der Waals surface area contributed by atoms with Crippen molar-refractivity contribution in [2.45, 2.75) is 31.1 Å². The number of hydrogen-bond donors (Lipinski definition) is 5. The lowest BCUT2D eigenvalue weighted by atomic mass is 10.2. The Morgan fingerprint density at radius 1 is 1.17 bits per heavy atom. The smallest absolute Gasteiger partial charge is 0.362 e. The molecule has 6 N–H and O–H groups in total. The Morgan fingerprint density at radius 3 is 1.89 bits per heavy atom. The topological polar surface area (TPSA) is 172 Å². The SMILES string of the molecule is O=C(O)[C@H]1CCC[NH2+]1.O=C([O-])[C@@H](O)[C@H](O)C(=O)O. The Bertz CT molecular complexity index is 294. The number of quaternary nitrogens is 1. The zero-order valence-corrected chi connectivity index (χ0v) is 9.35. The van der Waals surface area contributed by atoms with E-state index in [4.69, 9.17) is 20.4 Å². The van der Waals surface area contributed by atoms with E-state index in [1.165, 1.54) is 0 Å². The van der Waals surface area contributed by atoms with Gasteiger partial charge in [-0.15, -0.1) is 0 Å². The van der Waals surface area contributed by atoms with Crippen molar-refractivity contribution in [3.8, 4) is 0 Å². The molecule has 0 unspecified atom stereocenters. The van der Waals surface area contributed by atoms with Gasteiger partial charge < -0.3 is 35.6 Å². The number of rotatable bonds is 4. The number of carbonyl (C=O) groups is 3. The van der Waals surface area contributed by atoms with Gasteiger partial charge in [0.25, 0.3) is 0 Å². The molecule has 0 saturated carbocycles. The second kappa shape index (κ2) is 7.58. The molecule has 1 heterocycles. The summed E-state index contributed by atoms with van der Waals surface area (Å²) < 4.78 is 0. The van der Waals surface area contributed by atoms with Crippen LogP contribution < -0.4 is 10.4 Å². The van der Waals surface area contributed by atoms with E-state index in [1.54, 1.807) is 0 Å². The van der Waals surface area contributed by atoms with Gasteiger partial charge in [-0.25, -0.2) is 9.59 Å². The molecule has 1 saturated heterocycles. The van der Waals surface area contributed by atoms with Gasteiger partial charge in [-0.2, -0.15) is 0 Å². The maximum absolute atomic E-state index is 10.2. The summed E-state index contributed by atoms with van der Waals surface area (Å²) in [6, 6.07) is -0.144. The van der Waals surface area contributed by atoms with Crippen LogP contribution in [0.2, 0.25) is 0 Å². The van der Waals surface area contributed by atoms with E-state index in [9.17, 15) is 19.5 Å². The van der Waals surface area contributed by atoms with Gasteiger partial charge in [0.1, 0.15) is 6.10 Å². The van der Waals surface area contributed by atoms with Gasteiger partial charge >= 0.3 is 11.9 Å². The first-order chi connectivity index (χ1) is 8.27. The summed E-state index contributed by atoms with van der Waals surface area (Å²) in [5.41, 5.74) is 0. The molecule has 0 amide bonds. The second-order valence-corrected chi connectivity index (χ2v) is 3.66. The Morgan fingerprint density at radius 2 is 1.72 bits per heavy atom. The average Bonchev–Trinajstić information content (AvgIpc) is 2.81. The van der Waals surface area contributed by atoms with Gasteiger partial charge in [0, 0.05) is 12.8 Å². The highest BCUT2D eigenvalue weighted by molar-refractivity contribution is 5.82. The summed E-state index contributed by atoms with van der Waals surface area (Å²) in [4.78, 5) is 29.6. The number of aliphatic carboxylic acids is 3. The summed E-state index contributed by atoms with van der Waals surface area (Å²) in [5.74, 6) is -4.49. The Kier molecular flexibility index (Phi) is 6.86. The average molecular weight is 265 g/mol. The molecule has 1 rings (SSSR count). The molecular weight excluding hydrogens is 250 g/mol. The molecule has 1 aliphatic rings. The molecule has 0 spiro atoms. The van der Waals surface area contributed by atoms with Crippen LogP contribution in [0.4, 0.5) is 0 Å². The first kappa shape index (κ1) is 16.3. The number of aliphatic hydroxyl groups excluding tert-OH is 2. The van der Waals surface area contributed by atoms with Crippen LogP contribution in [-0.2, 0) is 14.4 Å². The van der Waals surface area contributed by atoms with Crippen LogP contribution in [0.25, 0.3) is 0 Å². The third kappa shape index (κ3) is 5.57. The first-order valence-electron chi connectivity index (χ1n) is 5.13. The minimum atomic E-state index is -2.38. The quantitative estimate of drug-likeness (QED) is 0.337.